The molecule has 0 saturated heterocycles. The lowest BCUT2D eigenvalue weighted by Crippen LogP contribution is -2.10. The molecule has 0 saturated carbocycles. The van der Waals surface area contributed by atoms with Crippen LogP contribution in [-0.4, -0.2) is 0 Å². The van der Waals surface area contributed by atoms with Crippen molar-refractivity contribution in [1.82, 2.24) is 0 Å². The molecular weight excluding hydrogens is 412 g/mol. The van der Waals surface area contributed by atoms with Gasteiger partial charge >= 0.3 is 0 Å². The maximum atomic E-state index is 13.7. The fourth-order valence-electron chi connectivity index (χ4n) is 4.66. The summed E-state index contributed by atoms with van der Waals surface area (Å²) in [6.45, 7) is 0. The number of halogens is 2. The number of hydrogen-bond donors (Lipinski definition) is 0. The third kappa shape index (κ3) is 3.30. The van der Waals surface area contributed by atoms with Crippen LogP contribution in [-0.2, 0) is 0 Å². The Kier molecular flexibility index (Phi) is 4.55. The van der Waals surface area contributed by atoms with Gasteiger partial charge in [-0.1, -0.05) is 54.6 Å². The molecule has 3 heteroatoms. The van der Waals surface area contributed by atoms with Gasteiger partial charge in [-0.25, -0.2) is 8.78 Å². The molecule has 0 bridgehead atoms. The molecule has 6 aromatic carbocycles. The average molecular weight is 431 g/mol. The lowest BCUT2D eigenvalue weighted by atomic mass is 9.94. The normalized spacial score (nSPS) is 11.3. The van der Waals surface area contributed by atoms with Gasteiger partial charge in [0.05, 0.1) is 0 Å². The summed E-state index contributed by atoms with van der Waals surface area (Å²) in [5, 5.41) is 7.11. The molecule has 0 aliphatic rings. The van der Waals surface area contributed by atoms with Crippen molar-refractivity contribution in [3.63, 3.8) is 0 Å². The van der Waals surface area contributed by atoms with E-state index in [0.717, 1.165) is 22.4 Å². The number of hydrogen-bond acceptors (Lipinski definition) is 1. The van der Waals surface area contributed by atoms with Gasteiger partial charge in [-0.15, -0.1) is 0 Å². The molecule has 0 amide bonds. The Hall–Kier alpha value is -4.24. The summed E-state index contributed by atoms with van der Waals surface area (Å²) in [4.78, 5) is 2.02. The number of benzene rings is 6. The molecule has 0 spiro atoms. The maximum Gasteiger partial charge on any atom is 0.123 e. The Morgan fingerprint density at radius 3 is 1.18 bits per heavy atom. The lowest BCUT2D eigenvalue weighted by Gasteiger charge is -2.26. The highest BCUT2D eigenvalue weighted by molar-refractivity contribution is 6.25. The van der Waals surface area contributed by atoms with E-state index in [0.29, 0.717) is 0 Å². The Morgan fingerprint density at radius 1 is 0.364 bits per heavy atom. The zero-order chi connectivity index (χ0) is 22.4. The van der Waals surface area contributed by atoms with Crippen LogP contribution in [0.1, 0.15) is 0 Å². The summed E-state index contributed by atoms with van der Waals surface area (Å²) in [5.74, 6) is -0.595. The average Bonchev–Trinajstić information content (AvgIpc) is 2.87. The molecular formula is C30H19F2N. The van der Waals surface area contributed by atoms with E-state index in [4.69, 9.17) is 0 Å². The van der Waals surface area contributed by atoms with Crippen LogP contribution in [0.5, 0.6) is 0 Å². The summed E-state index contributed by atoms with van der Waals surface area (Å²) in [5.41, 5.74) is 2.51. The third-order valence-electron chi connectivity index (χ3n) is 6.16. The van der Waals surface area contributed by atoms with Crippen LogP contribution in [0.4, 0.5) is 25.8 Å². The minimum absolute atomic E-state index is 0.297. The van der Waals surface area contributed by atoms with Crippen LogP contribution in [0.2, 0.25) is 0 Å². The SMILES string of the molecule is Fc1ccc(N(c2ccc(F)cc2)c2ccc3c4ccccc4c4ccccc4c3c2)cc1. The first-order valence-corrected chi connectivity index (χ1v) is 10.8. The van der Waals surface area contributed by atoms with E-state index in [-0.39, 0.29) is 11.6 Å². The predicted octanol–water partition coefficient (Wildman–Crippen LogP) is 8.89. The summed E-state index contributed by atoms with van der Waals surface area (Å²) < 4.78 is 27.3. The zero-order valence-electron chi connectivity index (χ0n) is 17.7. The van der Waals surface area contributed by atoms with Crippen LogP contribution in [0.25, 0.3) is 32.3 Å². The van der Waals surface area contributed by atoms with E-state index < -0.39 is 0 Å². The second-order valence-corrected chi connectivity index (χ2v) is 8.11. The van der Waals surface area contributed by atoms with E-state index in [1.807, 2.05) is 4.90 Å². The molecule has 0 heterocycles. The van der Waals surface area contributed by atoms with Crippen molar-refractivity contribution in [2.45, 2.75) is 0 Å². The van der Waals surface area contributed by atoms with Crippen molar-refractivity contribution in [1.29, 1.82) is 0 Å². The monoisotopic (exact) mass is 431 g/mol. The van der Waals surface area contributed by atoms with Crippen molar-refractivity contribution in [3.05, 3.63) is 127 Å². The Bertz CT molecular complexity index is 1540. The van der Waals surface area contributed by atoms with E-state index >= 15 is 0 Å². The highest BCUT2D eigenvalue weighted by atomic mass is 19.1. The molecule has 0 N–H and O–H groups in total. The Labute approximate surface area is 190 Å². The molecule has 6 rings (SSSR count). The fraction of sp³-hybridized carbons (Fsp3) is 0. The highest BCUT2D eigenvalue weighted by Gasteiger charge is 2.15. The van der Waals surface area contributed by atoms with E-state index in [1.54, 1.807) is 24.3 Å². The van der Waals surface area contributed by atoms with Crippen LogP contribution in [0.3, 0.4) is 0 Å². The van der Waals surface area contributed by atoms with Gasteiger partial charge in [0.15, 0.2) is 0 Å². The van der Waals surface area contributed by atoms with Gasteiger partial charge in [-0.05, 0) is 93.0 Å². The summed E-state index contributed by atoms with van der Waals surface area (Å²) in [7, 11) is 0. The molecule has 158 valence electrons. The minimum atomic E-state index is -0.297. The third-order valence-corrected chi connectivity index (χ3v) is 6.16. The molecule has 33 heavy (non-hydrogen) atoms. The smallest absolute Gasteiger partial charge is 0.123 e. The van der Waals surface area contributed by atoms with E-state index in [2.05, 4.69) is 66.7 Å². The van der Waals surface area contributed by atoms with Gasteiger partial charge in [-0.3, -0.25) is 0 Å². The molecule has 0 unspecified atom stereocenters. The molecule has 0 aliphatic heterocycles. The molecule has 6 aromatic rings. The second kappa shape index (κ2) is 7.72. The van der Waals surface area contributed by atoms with E-state index in [9.17, 15) is 8.78 Å². The van der Waals surface area contributed by atoms with Crippen molar-refractivity contribution < 1.29 is 8.78 Å². The zero-order valence-corrected chi connectivity index (χ0v) is 17.7. The minimum Gasteiger partial charge on any atom is -0.310 e. The van der Waals surface area contributed by atoms with Crippen LogP contribution in [0, 0.1) is 11.6 Å². The maximum absolute atomic E-state index is 13.7. The first-order chi connectivity index (χ1) is 16.2. The van der Waals surface area contributed by atoms with Crippen molar-refractivity contribution >= 4 is 49.4 Å². The topological polar surface area (TPSA) is 3.24 Å². The van der Waals surface area contributed by atoms with Gasteiger partial charge in [0.1, 0.15) is 11.6 Å². The number of fused-ring (bicyclic) bond motifs is 6. The lowest BCUT2D eigenvalue weighted by molar-refractivity contribution is 0.628. The van der Waals surface area contributed by atoms with Crippen molar-refractivity contribution in [2.24, 2.45) is 0 Å². The predicted molar refractivity (Wildman–Crippen MR) is 134 cm³/mol. The van der Waals surface area contributed by atoms with Gasteiger partial charge in [-0.2, -0.15) is 0 Å². The largest absolute Gasteiger partial charge is 0.310 e. The highest BCUT2D eigenvalue weighted by Crippen LogP contribution is 2.40. The van der Waals surface area contributed by atoms with Crippen molar-refractivity contribution in [2.75, 3.05) is 4.90 Å². The first-order valence-electron chi connectivity index (χ1n) is 10.8. The van der Waals surface area contributed by atoms with Gasteiger partial charge in [0.2, 0.25) is 0 Å². The molecule has 0 aromatic heterocycles. The van der Waals surface area contributed by atoms with Crippen LogP contribution in [0.15, 0.2) is 115 Å². The quantitative estimate of drug-likeness (QED) is 0.253. The summed E-state index contributed by atoms with van der Waals surface area (Å²) in [6.07, 6.45) is 0. The van der Waals surface area contributed by atoms with Crippen LogP contribution >= 0.6 is 0 Å². The van der Waals surface area contributed by atoms with Crippen molar-refractivity contribution in [3.8, 4) is 0 Å². The molecule has 0 fully saturated rings. The standard InChI is InChI=1S/C30H19F2N/c31-20-9-13-22(14-10-20)33(23-15-11-21(32)12-16-23)24-17-18-29-27-7-2-1-5-25(27)26-6-3-4-8-28(26)30(29)19-24/h1-19H. The summed E-state index contributed by atoms with van der Waals surface area (Å²) >= 11 is 0. The molecule has 0 atom stereocenters. The number of nitrogens with zero attached hydrogens (tertiary/aromatic N) is 1. The van der Waals surface area contributed by atoms with Gasteiger partial charge in [0.25, 0.3) is 0 Å². The van der Waals surface area contributed by atoms with Gasteiger partial charge in [0, 0.05) is 17.1 Å². The van der Waals surface area contributed by atoms with E-state index in [1.165, 1.54) is 51.2 Å². The number of rotatable bonds is 3. The number of anilines is 3. The Balaban J connectivity index is 1.65. The molecule has 0 radical (unpaired) electrons. The first kappa shape index (κ1) is 19.4. The molecule has 1 nitrogen and oxygen atoms in total. The summed E-state index contributed by atoms with van der Waals surface area (Å²) in [6, 6.07) is 35.9. The Morgan fingerprint density at radius 2 is 0.727 bits per heavy atom. The molecule has 0 aliphatic carbocycles. The van der Waals surface area contributed by atoms with Gasteiger partial charge < -0.3 is 4.90 Å². The van der Waals surface area contributed by atoms with Crippen LogP contribution < -0.4 is 4.90 Å². The second-order valence-electron chi connectivity index (χ2n) is 8.11. The fourth-order valence-corrected chi connectivity index (χ4v) is 4.66.